The molecule has 8 rings (SSSR count). The molecular formula is C33H29N2O2+. The Morgan fingerprint density at radius 3 is 2.22 bits per heavy atom. The molecule has 5 aromatic rings. The molecule has 1 saturated carbocycles. The fourth-order valence-corrected chi connectivity index (χ4v) is 7.96. The van der Waals surface area contributed by atoms with Gasteiger partial charge in [-0.2, -0.15) is 0 Å². The zero-order valence-electron chi connectivity index (χ0n) is 21.8. The molecule has 1 N–H and O–H groups in total. The van der Waals surface area contributed by atoms with Crippen LogP contribution in [-0.4, -0.2) is 23.0 Å². The van der Waals surface area contributed by atoms with Crippen LogP contribution in [0.4, 0.5) is 0 Å². The molecule has 2 heterocycles. The van der Waals surface area contributed by atoms with E-state index >= 15 is 0 Å². The van der Waals surface area contributed by atoms with Crippen molar-refractivity contribution in [2.45, 2.75) is 49.9 Å². The van der Waals surface area contributed by atoms with Crippen molar-refractivity contribution in [3.8, 4) is 22.5 Å². The number of methoxy groups -OCH3 is 1. The van der Waals surface area contributed by atoms with Crippen LogP contribution in [0.2, 0.25) is 0 Å². The highest BCUT2D eigenvalue weighted by molar-refractivity contribution is 6.02. The fourth-order valence-electron chi connectivity index (χ4n) is 7.96. The Morgan fingerprint density at radius 2 is 1.49 bits per heavy atom. The van der Waals surface area contributed by atoms with Crippen molar-refractivity contribution in [1.82, 2.24) is 4.98 Å². The third-order valence-corrected chi connectivity index (χ3v) is 10.2. The van der Waals surface area contributed by atoms with Crippen molar-refractivity contribution in [3.63, 3.8) is 0 Å². The van der Waals surface area contributed by atoms with Gasteiger partial charge in [0.15, 0.2) is 11.2 Å². The van der Waals surface area contributed by atoms with Gasteiger partial charge in [-0.3, -0.25) is 0 Å². The number of hydrogen-bond donors (Lipinski definition) is 1. The average molecular weight is 486 g/mol. The average Bonchev–Trinajstić information content (AvgIpc) is 3.21. The van der Waals surface area contributed by atoms with Gasteiger partial charge in [0.2, 0.25) is 5.79 Å². The van der Waals surface area contributed by atoms with Gasteiger partial charge in [-0.1, -0.05) is 74.5 Å². The van der Waals surface area contributed by atoms with Crippen LogP contribution in [0.1, 0.15) is 44.4 Å². The van der Waals surface area contributed by atoms with Gasteiger partial charge in [0.25, 0.3) is 6.33 Å². The van der Waals surface area contributed by atoms with E-state index in [1.54, 1.807) is 7.11 Å². The van der Waals surface area contributed by atoms with E-state index in [4.69, 9.17) is 9.72 Å². The molecule has 0 radical (unpaired) electrons. The standard InChI is InChI=1S/C33H29N2O2/c1-30(2)25-17-21-12-7-6-11-20(21)16-23(25)28-27(30)29-26-22-13-9-8-10-19(22)14-15-24(26)31(3)32(4,33(31,36)37-5)35(29)18-34-28/h6-18,36H,1-5H3/q+1. The summed E-state index contributed by atoms with van der Waals surface area (Å²) in [5.74, 6) is -1.35. The van der Waals surface area contributed by atoms with E-state index in [-0.39, 0.29) is 5.41 Å². The van der Waals surface area contributed by atoms with Crippen molar-refractivity contribution in [2.75, 3.05) is 7.11 Å². The molecule has 4 nitrogen and oxygen atoms in total. The van der Waals surface area contributed by atoms with Gasteiger partial charge in [0.05, 0.1) is 5.56 Å². The lowest BCUT2D eigenvalue weighted by Gasteiger charge is -2.31. The molecule has 0 spiro atoms. The van der Waals surface area contributed by atoms with Gasteiger partial charge >= 0.3 is 0 Å². The van der Waals surface area contributed by atoms with Crippen LogP contribution >= 0.6 is 0 Å². The number of rotatable bonds is 1. The van der Waals surface area contributed by atoms with Gasteiger partial charge in [-0.05, 0) is 63.6 Å². The number of nitrogens with zero attached hydrogens (tertiary/aromatic N) is 2. The van der Waals surface area contributed by atoms with Crippen LogP contribution in [0.15, 0.2) is 79.1 Å². The molecule has 3 atom stereocenters. The van der Waals surface area contributed by atoms with E-state index in [1.807, 2.05) is 6.33 Å². The predicted octanol–water partition coefficient (Wildman–Crippen LogP) is 5.98. The molecule has 0 amide bonds. The van der Waals surface area contributed by atoms with Gasteiger partial charge in [0.1, 0.15) is 11.1 Å². The lowest BCUT2D eigenvalue weighted by Crippen LogP contribution is -2.56. The fraction of sp³-hybridized carbons (Fsp3) is 0.273. The molecule has 3 aliphatic rings. The van der Waals surface area contributed by atoms with Crippen LogP contribution in [0.25, 0.3) is 44.1 Å². The highest BCUT2D eigenvalue weighted by Crippen LogP contribution is 2.72. The maximum atomic E-state index is 12.0. The Hall–Kier alpha value is -3.60. The van der Waals surface area contributed by atoms with Crippen molar-refractivity contribution in [3.05, 3.63) is 95.8 Å². The summed E-state index contributed by atoms with van der Waals surface area (Å²) in [6.07, 6.45) is 1.94. The second-order valence-corrected chi connectivity index (χ2v) is 11.8. The minimum absolute atomic E-state index is 0.279. The molecule has 2 aliphatic carbocycles. The Labute approximate surface area is 216 Å². The Balaban J connectivity index is 1.56. The number of ether oxygens (including phenoxy) is 1. The van der Waals surface area contributed by atoms with E-state index in [1.165, 1.54) is 43.8 Å². The summed E-state index contributed by atoms with van der Waals surface area (Å²) in [5.41, 5.74) is 6.58. The van der Waals surface area contributed by atoms with Crippen LogP contribution in [-0.2, 0) is 21.1 Å². The molecule has 1 aromatic heterocycles. The highest BCUT2D eigenvalue weighted by Gasteiger charge is 2.91. The monoisotopic (exact) mass is 485 g/mol. The van der Waals surface area contributed by atoms with E-state index < -0.39 is 16.7 Å². The first kappa shape index (κ1) is 21.5. The number of aromatic nitrogens is 2. The Bertz CT molecular complexity index is 1860. The van der Waals surface area contributed by atoms with Gasteiger partial charge in [0, 0.05) is 23.7 Å². The minimum atomic E-state index is -1.35. The van der Waals surface area contributed by atoms with E-state index in [0.29, 0.717) is 0 Å². The van der Waals surface area contributed by atoms with Gasteiger partial charge in [-0.15, -0.1) is 0 Å². The summed E-state index contributed by atoms with van der Waals surface area (Å²) in [7, 11) is 1.61. The van der Waals surface area contributed by atoms with E-state index in [9.17, 15) is 5.11 Å². The summed E-state index contributed by atoms with van der Waals surface area (Å²) >= 11 is 0. The maximum Gasteiger partial charge on any atom is 0.288 e. The lowest BCUT2D eigenvalue weighted by atomic mass is 9.75. The smallest absolute Gasteiger partial charge is 0.288 e. The van der Waals surface area contributed by atoms with Gasteiger partial charge < -0.3 is 9.84 Å². The second kappa shape index (κ2) is 6.27. The molecule has 4 aromatic carbocycles. The van der Waals surface area contributed by atoms with Crippen molar-refractivity contribution < 1.29 is 14.4 Å². The Kier molecular flexibility index (Phi) is 3.64. The quantitative estimate of drug-likeness (QED) is 0.235. The maximum absolute atomic E-state index is 12.0. The summed E-state index contributed by atoms with van der Waals surface area (Å²) in [5, 5.41) is 16.8. The summed E-state index contributed by atoms with van der Waals surface area (Å²) in [4.78, 5) is 5.12. The number of benzene rings is 4. The molecule has 4 heteroatoms. The summed E-state index contributed by atoms with van der Waals surface area (Å²) in [6.45, 7) is 8.85. The lowest BCUT2D eigenvalue weighted by molar-refractivity contribution is -0.744. The Morgan fingerprint density at radius 1 is 0.811 bits per heavy atom. The van der Waals surface area contributed by atoms with Crippen LogP contribution in [0.5, 0.6) is 0 Å². The molecule has 3 unspecified atom stereocenters. The summed E-state index contributed by atoms with van der Waals surface area (Å²) in [6, 6.07) is 26.1. The molecule has 1 fully saturated rings. The largest absolute Gasteiger partial charge is 0.361 e. The SMILES string of the molecule is COC1(O)C2(C)c3ccc4ccccc4c3-c3c4c(nc[n+]3C12C)-c1cc2ccccc2cc1C4(C)C. The van der Waals surface area contributed by atoms with Gasteiger partial charge in [-0.25, -0.2) is 4.57 Å². The molecule has 37 heavy (non-hydrogen) atoms. The molecular weight excluding hydrogens is 456 g/mol. The third-order valence-electron chi connectivity index (χ3n) is 10.2. The molecule has 0 saturated heterocycles. The topological polar surface area (TPSA) is 46.2 Å². The van der Waals surface area contributed by atoms with E-state index in [0.717, 1.165) is 17.0 Å². The van der Waals surface area contributed by atoms with Crippen molar-refractivity contribution in [1.29, 1.82) is 0 Å². The number of hydrogen-bond acceptors (Lipinski definition) is 3. The predicted molar refractivity (Wildman–Crippen MR) is 145 cm³/mol. The van der Waals surface area contributed by atoms with E-state index in [2.05, 4.69) is 105 Å². The first-order chi connectivity index (χ1) is 17.7. The third kappa shape index (κ3) is 2.07. The number of aliphatic hydroxyl groups is 1. The highest BCUT2D eigenvalue weighted by atomic mass is 16.6. The van der Waals surface area contributed by atoms with Crippen LogP contribution in [0.3, 0.4) is 0 Å². The minimum Gasteiger partial charge on any atom is -0.361 e. The summed E-state index contributed by atoms with van der Waals surface area (Å²) < 4.78 is 8.14. The van der Waals surface area contributed by atoms with Crippen molar-refractivity contribution in [2.24, 2.45) is 0 Å². The molecule has 0 bridgehead atoms. The second-order valence-electron chi connectivity index (χ2n) is 11.8. The molecule has 182 valence electrons. The van der Waals surface area contributed by atoms with Crippen LogP contribution in [0, 0.1) is 0 Å². The first-order valence-corrected chi connectivity index (χ1v) is 13.0. The normalized spacial score (nSPS) is 27.8. The van der Waals surface area contributed by atoms with Crippen LogP contribution < -0.4 is 4.57 Å². The zero-order chi connectivity index (χ0) is 25.5. The van der Waals surface area contributed by atoms with Crippen molar-refractivity contribution >= 4 is 21.5 Å². The molecule has 1 aliphatic heterocycles. The zero-order valence-corrected chi connectivity index (χ0v) is 21.8. The number of fused-ring (bicyclic) bond motifs is 13. The first-order valence-electron chi connectivity index (χ1n) is 13.0.